The van der Waals surface area contributed by atoms with Gasteiger partial charge < -0.3 is 38.5 Å². The van der Waals surface area contributed by atoms with Crippen molar-refractivity contribution in [3.63, 3.8) is 0 Å². The van der Waals surface area contributed by atoms with Crippen LogP contribution >= 0.6 is 0 Å². The maximum Gasteiger partial charge on any atom is 0.264 e. The number of piperidine rings is 1. The van der Waals surface area contributed by atoms with Crippen molar-refractivity contribution < 1.29 is 56.7 Å². The van der Waals surface area contributed by atoms with E-state index in [1.807, 2.05) is 0 Å². The van der Waals surface area contributed by atoms with E-state index in [0.717, 1.165) is 4.90 Å². The number of hydrogen-bond acceptors (Lipinski definition) is 12. The molecule has 3 rings (SSSR count). The van der Waals surface area contributed by atoms with Gasteiger partial charge in [0.25, 0.3) is 11.8 Å². The number of imide groups is 2. The average molecular weight is 628 g/mol. The van der Waals surface area contributed by atoms with Gasteiger partial charge in [-0.2, -0.15) is 0 Å². The van der Waals surface area contributed by atoms with E-state index in [4.69, 9.17) is 33.2 Å². The molecule has 4 amide bonds. The Kier molecular flexibility index (Phi) is 16.8. The van der Waals surface area contributed by atoms with Crippen LogP contribution in [0.2, 0.25) is 0 Å². The predicted octanol–water partition coefficient (Wildman–Crippen LogP) is 0.585. The minimum atomic E-state index is -1.01. The lowest BCUT2D eigenvalue weighted by atomic mass is 10.0. The molecule has 1 fully saturated rings. The van der Waals surface area contributed by atoms with E-state index >= 15 is 0 Å². The Labute approximate surface area is 255 Å². The summed E-state index contributed by atoms with van der Waals surface area (Å²) in [6, 6.07) is 3.89. The number of ether oxygens (including phenoxy) is 7. The zero-order valence-corrected chi connectivity index (χ0v) is 24.9. The van der Waals surface area contributed by atoms with Crippen LogP contribution in [0.3, 0.4) is 0 Å². The number of nitrogens with one attached hydrogen (secondary N) is 2. The molecule has 246 valence electrons. The second-order valence-electron chi connectivity index (χ2n) is 9.58. The first-order valence-electron chi connectivity index (χ1n) is 14.7. The first kappa shape index (κ1) is 35.4. The molecular weight excluding hydrogens is 585 g/mol. The molecule has 1 aromatic carbocycles. The highest BCUT2D eigenvalue weighted by molar-refractivity contribution is 6.25. The Bertz CT molecular complexity index is 1060. The molecule has 2 aliphatic heterocycles. The van der Waals surface area contributed by atoms with Gasteiger partial charge in [-0.3, -0.25) is 29.4 Å². The molecule has 1 unspecified atom stereocenters. The summed E-state index contributed by atoms with van der Waals surface area (Å²) in [5.74, 6) is -2.17. The number of fused-ring (bicyclic) bond motifs is 1. The first-order valence-corrected chi connectivity index (χ1v) is 14.7. The van der Waals surface area contributed by atoms with Crippen LogP contribution in [0, 0.1) is 0 Å². The van der Waals surface area contributed by atoms with Crippen molar-refractivity contribution >= 4 is 29.3 Å². The fraction of sp³-hybridized carbons (Fsp3) is 0.655. The fourth-order valence-electron chi connectivity index (χ4n) is 4.40. The van der Waals surface area contributed by atoms with Crippen LogP contribution in [-0.2, 0) is 42.7 Å². The van der Waals surface area contributed by atoms with E-state index < -0.39 is 36.3 Å². The quantitative estimate of drug-likeness (QED) is 0.115. The number of halogens is 1. The molecule has 14 nitrogen and oxygen atoms in total. The number of anilines is 1. The minimum absolute atomic E-state index is 0.0658. The third-order valence-electron chi connectivity index (χ3n) is 6.48. The lowest BCUT2D eigenvalue weighted by Gasteiger charge is -2.27. The molecule has 1 saturated heterocycles. The molecule has 1 atom stereocenters. The lowest BCUT2D eigenvalue weighted by Crippen LogP contribution is -2.54. The summed E-state index contributed by atoms with van der Waals surface area (Å²) in [6.45, 7) is 5.40. The highest BCUT2D eigenvalue weighted by atomic mass is 19.1. The number of alkyl halides is 1. The number of amides is 4. The first-order chi connectivity index (χ1) is 21.5. The van der Waals surface area contributed by atoms with Crippen LogP contribution in [-0.4, -0.2) is 140 Å². The van der Waals surface area contributed by atoms with E-state index in [2.05, 4.69) is 10.6 Å². The Morgan fingerprint density at radius 2 is 1.20 bits per heavy atom. The van der Waals surface area contributed by atoms with Crippen LogP contribution in [0.25, 0.3) is 0 Å². The Balaban J connectivity index is 1.14. The largest absolute Gasteiger partial charge is 0.382 e. The zero-order valence-electron chi connectivity index (χ0n) is 24.9. The molecule has 0 aromatic heterocycles. The van der Waals surface area contributed by atoms with Gasteiger partial charge in [0.1, 0.15) is 12.7 Å². The summed E-state index contributed by atoms with van der Waals surface area (Å²) in [4.78, 5) is 50.7. The second kappa shape index (κ2) is 20.8. The molecule has 2 N–H and O–H groups in total. The van der Waals surface area contributed by atoms with Crippen molar-refractivity contribution in [3.05, 3.63) is 29.3 Å². The summed E-state index contributed by atoms with van der Waals surface area (Å²) in [5.41, 5.74) is 0.902. The van der Waals surface area contributed by atoms with Gasteiger partial charge >= 0.3 is 0 Å². The van der Waals surface area contributed by atoms with E-state index in [9.17, 15) is 23.6 Å². The molecule has 0 spiro atoms. The monoisotopic (exact) mass is 627 g/mol. The van der Waals surface area contributed by atoms with Crippen LogP contribution in [0.5, 0.6) is 0 Å². The smallest absolute Gasteiger partial charge is 0.264 e. The van der Waals surface area contributed by atoms with Crippen molar-refractivity contribution in [3.8, 4) is 0 Å². The fourth-order valence-corrected chi connectivity index (χ4v) is 4.40. The van der Waals surface area contributed by atoms with Gasteiger partial charge in [0.15, 0.2) is 0 Å². The van der Waals surface area contributed by atoms with E-state index in [-0.39, 0.29) is 30.6 Å². The SMILES string of the molecule is O=C1CCC(N2C(=O)c3cccc(NCCOCCOCCOCCOCCOCCOCCOCCF)c3C2=O)C(=O)N1. The molecule has 44 heavy (non-hydrogen) atoms. The number of carbonyl (C=O) groups excluding carboxylic acids is 4. The summed E-state index contributed by atoms with van der Waals surface area (Å²) in [7, 11) is 0. The highest BCUT2D eigenvalue weighted by Crippen LogP contribution is 2.32. The Hall–Kier alpha value is -3.05. The number of rotatable bonds is 25. The number of hydrogen-bond donors (Lipinski definition) is 2. The van der Waals surface area contributed by atoms with Crippen LogP contribution < -0.4 is 10.6 Å². The third-order valence-corrected chi connectivity index (χ3v) is 6.48. The Morgan fingerprint density at radius 3 is 1.70 bits per heavy atom. The van der Waals surface area contributed by atoms with Gasteiger partial charge in [-0.1, -0.05) is 6.07 Å². The molecule has 15 heteroatoms. The maximum atomic E-state index is 13.1. The summed E-state index contributed by atoms with van der Waals surface area (Å²) < 4.78 is 49.3. The topological polar surface area (TPSA) is 160 Å². The van der Waals surface area contributed by atoms with Crippen LogP contribution in [0.15, 0.2) is 18.2 Å². The summed E-state index contributed by atoms with van der Waals surface area (Å²) in [6.07, 6.45) is 0.170. The van der Waals surface area contributed by atoms with Gasteiger partial charge in [0, 0.05) is 18.7 Å². The lowest BCUT2D eigenvalue weighted by molar-refractivity contribution is -0.136. The van der Waals surface area contributed by atoms with Crippen LogP contribution in [0.1, 0.15) is 33.6 Å². The molecule has 0 aliphatic carbocycles. The van der Waals surface area contributed by atoms with Gasteiger partial charge in [-0.05, 0) is 18.6 Å². The molecular formula is C29H42FN3O11. The Morgan fingerprint density at radius 1 is 0.705 bits per heavy atom. The molecule has 2 heterocycles. The average Bonchev–Trinajstić information content (AvgIpc) is 3.27. The van der Waals surface area contributed by atoms with Crippen molar-refractivity contribution in [1.29, 1.82) is 0 Å². The van der Waals surface area contributed by atoms with Gasteiger partial charge in [-0.15, -0.1) is 0 Å². The third kappa shape index (κ3) is 11.8. The van der Waals surface area contributed by atoms with Crippen molar-refractivity contribution in [1.82, 2.24) is 10.2 Å². The number of carbonyl (C=O) groups is 4. The number of nitrogens with zero attached hydrogens (tertiary/aromatic N) is 1. The minimum Gasteiger partial charge on any atom is -0.382 e. The van der Waals surface area contributed by atoms with Crippen molar-refractivity contribution in [2.45, 2.75) is 18.9 Å². The van der Waals surface area contributed by atoms with Gasteiger partial charge in [0.2, 0.25) is 11.8 Å². The van der Waals surface area contributed by atoms with Gasteiger partial charge in [-0.25, -0.2) is 4.39 Å². The van der Waals surface area contributed by atoms with Crippen LogP contribution in [0.4, 0.5) is 10.1 Å². The van der Waals surface area contributed by atoms with Crippen molar-refractivity contribution in [2.24, 2.45) is 0 Å². The number of benzene rings is 1. The summed E-state index contributed by atoms with van der Waals surface area (Å²) in [5, 5.41) is 5.31. The van der Waals surface area contributed by atoms with E-state index in [0.29, 0.717) is 98.1 Å². The normalized spacial score (nSPS) is 16.5. The predicted molar refractivity (Wildman–Crippen MR) is 153 cm³/mol. The molecule has 0 saturated carbocycles. The van der Waals surface area contributed by atoms with E-state index in [1.165, 1.54) is 0 Å². The second-order valence-corrected chi connectivity index (χ2v) is 9.58. The zero-order chi connectivity index (χ0) is 31.4. The molecule has 0 radical (unpaired) electrons. The standard InChI is InChI=1S/C29H42FN3O11/c30-6-8-38-10-12-40-14-16-42-18-20-44-21-19-43-17-15-41-13-11-39-9-7-31-23-3-1-2-22-26(23)29(37)33(28(22)36)24-4-5-25(34)32-27(24)35/h1-3,24,31H,4-21H2,(H,32,34,35). The molecule has 0 bridgehead atoms. The molecule has 1 aromatic rings. The molecule has 2 aliphatic rings. The highest BCUT2D eigenvalue weighted by Gasteiger charge is 2.45. The van der Waals surface area contributed by atoms with Crippen molar-refractivity contribution in [2.75, 3.05) is 111 Å². The van der Waals surface area contributed by atoms with Gasteiger partial charge in [0.05, 0.1) is 104 Å². The summed E-state index contributed by atoms with van der Waals surface area (Å²) >= 11 is 0. The van der Waals surface area contributed by atoms with E-state index in [1.54, 1.807) is 18.2 Å². The maximum absolute atomic E-state index is 13.1.